The molecule has 1 saturated heterocycles. The second kappa shape index (κ2) is 8.87. The summed E-state index contributed by atoms with van der Waals surface area (Å²) in [5.41, 5.74) is 3.41. The highest BCUT2D eigenvalue weighted by molar-refractivity contribution is 7.80. The van der Waals surface area contributed by atoms with E-state index in [0.717, 1.165) is 37.6 Å². The second-order valence-corrected chi connectivity index (χ2v) is 6.90. The molecule has 138 valence electrons. The van der Waals surface area contributed by atoms with Crippen molar-refractivity contribution in [1.82, 2.24) is 10.2 Å². The first kappa shape index (κ1) is 18.5. The van der Waals surface area contributed by atoms with Gasteiger partial charge in [0.15, 0.2) is 5.11 Å². The monoisotopic (exact) mass is 370 g/mol. The van der Waals surface area contributed by atoms with Gasteiger partial charge in [0.25, 0.3) is 0 Å². The van der Waals surface area contributed by atoms with Crippen LogP contribution in [0.5, 0.6) is 5.75 Å². The fourth-order valence-electron chi connectivity index (χ4n) is 2.95. The van der Waals surface area contributed by atoms with Crippen LogP contribution < -0.4 is 20.3 Å². The number of anilines is 2. The number of nitrogens with zero attached hydrogens (tertiary/aromatic N) is 2. The third kappa shape index (κ3) is 5.09. The first-order chi connectivity index (χ1) is 12.6. The van der Waals surface area contributed by atoms with E-state index < -0.39 is 0 Å². The molecule has 5 nitrogen and oxygen atoms in total. The highest BCUT2D eigenvalue weighted by atomic mass is 32.1. The fraction of sp³-hybridized carbons (Fsp3) is 0.350. The van der Waals surface area contributed by atoms with E-state index in [4.69, 9.17) is 17.0 Å². The van der Waals surface area contributed by atoms with Crippen LogP contribution in [-0.2, 0) is 6.54 Å². The van der Waals surface area contributed by atoms with E-state index in [9.17, 15) is 0 Å². The molecule has 2 N–H and O–H groups in total. The molecule has 2 aromatic carbocycles. The fourth-order valence-corrected chi connectivity index (χ4v) is 3.14. The maximum atomic E-state index is 5.38. The van der Waals surface area contributed by atoms with Crippen molar-refractivity contribution in [2.24, 2.45) is 0 Å². The molecule has 0 atom stereocenters. The van der Waals surface area contributed by atoms with Gasteiger partial charge < -0.3 is 25.2 Å². The van der Waals surface area contributed by atoms with Gasteiger partial charge in [0.05, 0.1) is 7.11 Å². The Balaban J connectivity index is 1.49. The van der Waals surface area contributed by atoms with Crippen LogP contribution in [0.1, 0.15) is 5.56 Å². The summed E-state index contributed by atoms with van der Waals surface area (Å²) in [5, 5.41) is 7.03. The Bertz CT molecular complexity index is 727. The minimum absolute atomic E-state index is 0.599. The zero-order valence-corrected chi connectivity index (χ0v) is 16.2. The number of piperazine rings is 1. The maximum Gasteiger partial charge on any atom is 0.171 e. The molecule has 0 amide bonds. The van der Waals surface area contributed by atoms with Crippen LogP contribution in [0.15, 0.2) is 48.5 Å². The molecule has 0 bridgehead atoms. The highest BCUT2D eigenvalue weighted by Crippen LogP contribution is 2.18. The number of rotatable bonds is 5. The first-order valence-electron chi connectivity index (χ1n) is 8.85. The van der Waals surface area contributed by atoms with Crippen LogP contribution >= 0.6 is 12.2 Å². The van der Waals surface area contributed by atoms with E-state index in [-0.39, 0.29) is 0 Å². The molecule has 6 heteroatoms. The average Bonchev–Trinajstić information content (AvgIpc) is 2.67. The number of likely N-dealkylation sites (N-methyl/N-ethyl adjacent to an activating group) is 1. The molecule has 0 aliphatic carbocycles. The average molecular weight is 371 g/mol. The van der Waals surface area contributed by atoms with Crippen LogP contribution in [-0.4, -0.2) is 50.3 Å². The number of nitrogens with one attached hydrogen (secondary N) is 2. The van der Waals surface area contributed by atoms with Gasteiger partial charge in [-0.1, -0.05) is 18.2 Å². The predicted molar refractivity (Wildman–Crippen MR) is 112 cm³/mol. The molecule has 0 saturated carbocycles. The minimum Gasteiger partial charge on any atom is -0.497 e. The van der Waals surface area contributed by atoms with Crippen molar-refractivity contribution in [2.75, 3.05) is 50.6 Å². The van der Waals surface area contributed by atoms with Gasteiger partial charge in [0, 0.05) is 50.2 Å². The topological polar surface area (TPSA) is 39.8 Å². The SMILES string of the molecule is COc1cccc(NC(=S)NCc2ccc(N3CCN(C)CC3)cc2)c1. The van der Waals surface area contributed by atoms with E-state index in [1.54, 1.807) is 7.11 Å². The van der Waals surface area contributed by atoms with Crippen molar-refractivity contribution in [3.63, 3.8) is 0 Å². The Morgan fingerprint density at radius 1 is 1.08 bits per heavy atom. The number of hydrogen-bond donors (Lipinski definition) is 2. The Morgan fingerprint density at radius 3 is 2.50 bits per heavy atom. The summed E-state index contributed by atoms with van der Waals surface area (Å²) < 4.78 is 5.22. The van der Waals surface area contributed by atoms with Gasteiger partial charge >= 0.3 is 0 Å². The molecule has 0 spiro atoms. The van der Waals surface area contributed by atoms with Gasteiger partial charge in [0.2, 0.25) is 0 Å². The standard InChI is InChI=1S/C20H26N4OS/c1-23-10-12-24(13-11-23)18-8-6-16(7-9-18)15-21-20(26)22-17-4-3-5-19(14-17)25-2/h3-9,14H,10-13,15H2,1-2H3,(H2,21,22,26). The molecular formula is C20H26N4OS. The van der Waals surface area contributed by atoms with Gasteiger partial charge in [-0.15, -0.1) is 0 Å². The number of hydrogen-bond acceptors (Lipinski definition) is 4. The van der Waals surface area contributed by atoms with E-state index in [2.05, 4.69) is 51.7 Å². The molecule has 0 unspecified atom stereocenters. The maximum absolute atomic E-state index is 5.38. The van der Waals surface area contributed by atoms with E-state index in [0.29, 0.717) is 11.7 Å². The lowest BCUT2D eigenvalue weighted by Gasteiger charge is -2.34. The van der Waals surface area contributed by atoms with Crippen molar-refractivity contribution in [3.05, 3.63) is 54.1 Å². The smallest absolute Gasteiger partial charge is 0.171 e. The molecule has 26 heavy (non-hydrogen) atoms. The lowest BCUT2D eigenvalue weighted by molar-refractivity contribution is 0.313. The number of ether oxygens (including phenoxy) is 1. The lowest BCUT2D eigenvalue weighted by Crippen LogP contribution is -2.44. The Hall–Kier alpha value is -2.31. The van der Waals surface area contributed by atoms with Crippen molar-refractivity contribution < 1.29 is 4.74 Å². The van der Waals surface area contributed by atoms with Gasteiger partial charge in [-0.3, -0.25) is 0 Å². The van der Waals surface area contributed by atoms with Crippen LogP contribution in [0, 0.1) is 0 Å². The largest absolute Gasteiger partial charge is 0.497 e. The summed E-state index contributed by atoms with van der Waals surface area (Å²) in [6.45, 7) is 5.10. The summed E-state index contributed by atoms with van der Waals surface area (Å²) in [6, 6.07) is 16.4. The minimum atomic E-state index is 0.599. The predicted octanol–water partition coefficient (Wildman–Crippen LogP) is 2.93. The van der Waals surface area contributed by atoms with Gasteiger partial charge in [-0.05, 0) is 49.1 Å². The molecule has 2 aromatic rings. The second-order valence-electron chi connectivity index (χ2n) is 6.50. The van der Waals surface area contributed by atoms with Crippen LogP contribution in [0.2, 0.25) is 0 Å². The summed E-state index contributed by atoms with van der Waals surface area (Å²) in [6.07, 6.45) is 0. The van der Waals surface area contributed by atoms with Crippen molar-refractivity contribution in [3.8, 4) is 5.75 Å². The summed E-state index contributed by atoms with van der Waals surface area (Å²) in [4.78, 5) is 4.80. The first-order valence-corrected chi connectivity index (χ1v) is 9.26. The molecule has 1 aliphatic rings. The van der Waals surface area contributed by atoms with Gasteiger partial charge in [-0.2, -0.15) is 0 Å². The normalized spacial score (nSPS) is 14.8. The number of benzene rings is 2. The Morgan fingerprint density at radius 2 is 1.81 bits per heavy atom. The highest BCUT2D eigenvalue weighted by Gasteiger charge is 2.13. The third-order valence-electron chi connectivity index (χ3n) is 4.59. The van der Waals surface area contributed by atoms with Crippen LogP contribution in [0.25, 0.3) is 0 Å². The summed E-state index contributed by atoms with van der Waals surface area (Å²) >= 11 is 5.38. The van der Waals surface area contributed by atoms with Crippen LogP contribution in [0.3, 0.4) is 0 Å². The zero-order valence-electron chi connectivity index (χ0n) is 15.4. The van der Waals surface area contributed by atoms with Gasteiger partial charge in [0.1, 0.15) is 5.75 Å². The van der Waals surface area contributed by atoms with E-state index >= 15 is 0 Å². The molecular weight excluding hydrogens is 344 g/mol. The zero-order chi connectivity index (χ0) is 18.4. The van der Waals surface area contributed by atoms with E-state index in [1.807, 2.05) is 24.3 Å². The molecule has 0 radical (unpaired) electrons. The lowest BCUT2D eigenvalue weighted by atomic mass is 10.2. The van der Waals surface area contributed by atoms with Crippen molar-refractivity contribution in [1.29, 1.82) is 0 Å². The molecule has 1 aliphatic heterocycles. The van der Waals surface area contributed by atoms with Gasteiger partial charge in [-0.25, -0.2) is 0 Å². The summed E-state index contributed by atoms with van der Waals surface area (Å²) in [7, 11) is 3.83. The number of methoxy groups -OCH3 is 1. The number of thiocarbonyl (C=S) groups is 1. The Labute approximate surface area is 160 Å². The molecule has 3 rings (SSSR count). The van der Waals surface area contributed by atoms with Crippen molar-refractivity contribution in [2.45, 2.75) is 6.54 Å². The van der Waals surface area contributed by atoms with E-state index in [1.165, 1.54) is 11.3 Å². The molecule has 1 fully saturated rings. The molecule has 1 heterocycles. The third-order valence-corrected chi connectivity index (χ3v) is 4.83. The molecule has 0 aromatic heterocycles. The van der Waals surface area contributed by atoms with Crippen molar-refractivity contribution >= 4 is 28.7 Å². The quantitative estimate of drug-likeness (QED) is 0.789. The Kier molecular flexibility index (Phi) is 6.30. The van der Waals surface area contributed by atoms with Crippen LogP contribution in [0.4, 0.5) is 11.4 Å². The summed E-state index contributed by atoms with van der Waals surface area (Å²) in [5.74, 6) is 0.803.